The van der Waals surface area contributed by atoms with Gasteiger partial charge >= 0.3 is 0 Å². The van der Waals surface area contributed by atoms with Crippen molar-refractivity contribution in [1.82, 2.24) is 5.32 Å². The van der Waals surface area contributed by atoms with Crippen LogP contribution < -0.4 is 5.32 Å². The standard InChI is InChI=1S/C17H27Cl2N/c1-3-5-6-7-8-9-10-17(20-4-2)14-11-15(18)13-16(19)12-14/h11-13,17,20H,3-10H2,1-2H3. The van der Waals surface area contributed by atoms with Crippen molar-refractivity contribution in [3.8, 4) is 0 Å². The molecule has 1 rings (SSSR count). The van der Waals surface area contributed by atoms with Gasteiger partial charge in [0.25, 0.3) is 0 Å². The van der Waals surface area contributed by atoms with Crippen molar-refractivity contribution in [3.05, 3.63) is 33.8 Å². The lowest BCUT2D eigenvalue weighted by Crippen LogP contribution is -2.20. The molecule has 0 saturated heterocycles. The summed E-state index contributed by atoms with van der Waals surface area (Å²) in [4.78, 5) is 0. The number of halogens is 2. The lowest BCUT2D eigenvalue weighted by Gasteiger charge is -2.19. The van der Waals surface area contributed by atoms with E-state index in [4.69, 9.17) is 23.2 Å². The van der Waals surface area contributed by atoms with E-state index in [0.717, 1.165) is 23.0 Å². The van der Waals surface area contributed by atoms with E-state index in [9.17, 15) is 0 Å². The third kappa shape index (κ3) is 6.97. The average Bonchev–Trinajstić information content (AvgIpc) is 2.40. The monoisotopic (exact) mass is 315 g/mol. The first-order valence-corrected chi connectivity index (χ1v) is 8.62. The van der Waals surface area contributed by atoms with Crippen LogP contribution >= 0.6 is 23.2 Å². The van der Waals surface area contributed by atoms with Gasteiger partial charge in [-0.15, -0.1) is 0 Å². The van der Waals surface area contributed by atoms with Crippen LogP contribution in [-0.2, 0) is 0 Å². The molecule has 0 saturated carbocycles. The van der Waals surface area contributed by atoms with E-state index < -0.39 is 0 Å². The van der Waals surface area contributed by atoms with Gasteiger partial charge in [0.1, 0.15) is 0 Å². The molecule has 114 valence electrons. The van der Waals surface area contributed by atoms with Crippen molar-refractivity contribution in [2.24, 2.45) is 0 Å². The van der Waals surface area contributed by atoms with Crippen molar-refractivity contribution in [3.63, 3.8) is 0 Å². The van der Waals surface area contributed by atoms with Crippen molar-refractivity contribution < 1.29 is 0 Å². The van der Waals surface area contributed by atoms with Gasteiger partial charge < -0.3 is 5.32 Å². The molecular formula is C17H27Cl2N. The number of hydrogen-bond donors (Lipinski definition) is 1. The molecule has 0 spiro atoms. The highest BCUT2D eigenvalue weighted by Gasteiger charge is 2.11. The normalized spacial score (nSPS) is 12.6. The Kier molecular flexibility index (Phi) is 9.33. The van der Waals surface area contributed by atoms with Crippen LogP contribution in [0.5, 0.6) is 0 Å². The molecule has 20 heavy (non-hydrogen) atoms. The molecule has 1 aromatic carbocycles. The largest absolute Gasteiger partial charge is 0.310 e. The molecule has 1 unspecified atom stereocenters. The maximum Gasteiger partial charge on any atom is 0.0424 e. The van der Waals surface area contributed by atoms with Crippen molar-refractivity contribution in [2.45, 2.75) is 64.8 Å². The summed E-state index contributed by atoms with van der Waals surface area (Å²) in [5.41, 5.74) is 1.21. The van der Waals surface area contributed by atoms with Gasteiger partial charge in [-0.1, -0.05) is 75.6 Å². The summed E-state index contributed by atoms with van der Waals surface area (Å²) in [5.74, 6) is 0. The Labute approximate surface area is 134 Å². The molecule has 0 aliphatic heterocycles. The zero-order chi connectivity index (χ0) is 14.8. The minimum atomic E-state index is 0.363. The van der Waals surface area contributed by atoms with Gasteiger partial charge in [-0.3, -0.25) is 0 Å². The molecule has 0 aromatic heterocycles. The zero-order valence-corrected chi connectivity index (χ0v) is 14.2. The van der Waals surface area contributed by atoms with Gasteiger partial charge in [0.05, 0.1) is 0 Å². The number of hydrogen-bond acceptors (Lipinski definition) is 1. The Morgan fingerprint density at radius 2 is 1.50 bits per heavy atom. The van der Waals surface area contributed by atoms with E-state index >= 15 is 0 Å². The first-order chi connectivity index (χ1) is 9.67. The SMILES string of the molecule is CCCCCCCCC(NCC)c1cc(Cl)cc(Cl)c1. The predicted octanol–water partition coefficient (Wildman–Crippen LogP) is 6.39. The molecule has 3 heteroatoms. The van der Waals surface area contributed by atoms with E-state index in [-0.39, 0.29) is 0 Å². The number of rotatable bonds is 10. The fourth-order valence-electron chi connectivity index (χ4n) is 2.54. The quantitative estimate of drug-likeness (QED) is 0.493. The third-order valence-corrected chi connectivity index (χ3v) is 4.02. The molecule has 0 heterocycles. The molecule has 0 fully saturated rings. The summed E-state index contributed by atoms with van der Waals surface area (Å²) >= 11 is 12.2. The summed E-state index contributed by atoms with van der Waals surface area (Å²) in [6.45, 7) is 5.36. The topological polar surface area (TPSA) is 12.0 Å². The van der Waals surface area contributed by atoms with Gasteiger partial charge in [0.2, 0.25) is 0 Å². The van der Waals surface area contributed by atoms with E-state index in [1.807, 2.05) is 12.1 Å². The van der Waals surface area contributed by atoms with Crippen molar-refractivity contribution in [2.75, 3.05) is 6.54 Å². The molecule has 1 nitrogen and oxygen atoms in total. The van der Waals surface area contributed by atoms with Crippen LogP contribution in [0.1, 0.15) is 70.4 Å². The Balaban J connectivity index is 2.47. The minimum Gasteiger partial charge on any atom is -0.310 e. The smallest absolute Gasteiger partial charge is 0.0424 e. The second kappa shape index (κ2) is 10.5. The van der Waals surface area contributed by atoms with E-state index in [1.54, 1.807) is 6.07 Å². The van der Waals surface area contributed by atoms with Crippen molar-refractivity contribution >= 4 is 23.2 Å². The van der Waals surface area contributed by atoms with Gasteiger partial charge in [0.15, 0.2) is 0 Å². The first kappa shape index (κ1) is 17.8. The van der Waals surface area contributed by atoms with Crippen LogP contribution in [0.4, 0.5) is 0 Å². The first-order valence-electron chi connectivity index (χ1n) is 7.86. The summed E-state index contributed by atoms with van der Waals surface area (Å²) in [7, 11) is 0. The van der Waals surface area contributed by atoms with Crippen LogP contribution in [0.15, 0.2) is 18.2 Å². The van der Waals surface area contributed by atoms with Gasteiger partial charge in [0, 0.05) is 16.1 Å². The molecule has 0 amide bonds. The highest BCUT2D eigenvalue weighted by Crippen LogP contribution is 2.26. The van der Waals surface area contributed by atoms with Gasteiger partial charge in [-0.2, -0.15) is 0 Å². The van der Waals surface area contributed by atoms with Crippen LogP contribution in [0.25, 0.3) is 0 Å². The highest BCUT2D eigenvalue weighted by atomic mass is 35.5. The zero-order valence-electron chi connectivity index (χ0n) is 12.7. The second-order valence-electron chi connectivity index (χ2n) is 5.37. The molecule has 0 aliphatic carbocycles. The predicted molar refractivity (Wildman–Crippen MR) is 90.9 cm³/mol. The molecule has 1 N–H and O–H groups in total. The lowest BCUT2D eigenvalue weighted by molar-refractivity contribution is 0.477. The lowest BCUT2D eigenvalue weighted by atomic mass is 9.99. The second-order valence-corrected chi connectivity index (χ2v) is 6.24. The van der Waals surface area contributed by atoms with E-state index in [1.165, 1.54) is 44.1 Å². The molecule has 1 aromatic rings. The maximum absolute atomic E-state index is 6.10. The Morgan fingerprint density at radius 1 is 0.900 bits per heavy atom. The average molecular weight is 316 g/mol. The van der Waals surface area contributed by atoms with Crippen LogP contribution in [-0.4, -0.2) is 6.54 Å². The number of nitrogens with one attached hydrogen (secondary N) is 1. The minimum absolute atomic E-state index is 0.363. The highest BCUT2D eigenvalue weighted by molar-refractivity contribution is 6.34. The van der Waals surface area contributed by atoms with Gasteiger partial charge in [-0.05, 0) is 36.7 Å². The summed E-state index contributed by atoms with van der Waals surface area (Å²) in [6, 6.07) is 6.21. The Morgan fingerprint density at radius 3 is 2.10 bits per heavy atom. The fraction of sp³-hybridized carbons (Fsp3) is 0.647. The fourth-order valence-corrected chi connectivity index (χ4v) is 3.08. The Bertz CT molecular complexity index is 359. The van der Waals surface area contributed by atoms with Crippen LogP contribution in [0.3, 0.4) is 0 Å². The molecule has 0 bridgehead atoms. The maximum atomic E-state index is 6.10. The van der Waals surface area contributed by atoms with E-state index in [0.29, 0.717) is 6.04 Å². The number of benzene rings is 1. The summed E-state index contributed by atoms with van der Waals surface area (Å²) in [5, 5.41) is 4.98. The van der Waals surface area contributed by atoms with Gasteiger partial charge in [-0.25, -0.2) is 0 Å². The molecular weight excluding hydrogens is 289 g/mol. The molecule has 0 aliphatic rings. The van der Waals surface area contributed by atoms with Crippen molar-refractivity contribution in [1.29, 1.82) is 0 Å². The molecule has 0 radical (unpaired) electrons. The summed E-state index contributed by atoms with van der Waals surface area (Å²) in [6.07, 6.45) is 9.11. The molecule has 1 atom stereocenters. The Hall–Kier alpha value is -0.240. The summed E-state index contributed by atoms with van der Waals surface area (Å²) < 4.78 is 0. The third-order valence-electron chi connectivity index (χ3n) is 3.58. The van der Waals surface area contributed by atoms with Crippen LogP contribution in [0.2, 0.25) is 10.0 Å². The number of unbranched alkanes of at least 4 members (excludes halogenated alkanes) is 5. The van der Waals surface area contributed by atoms with E-state index in [2.05, 4.69) is 19.2 Å². The van der Waals surface area contributed by atoms with Crippen LogP contribution in [0, 0.1) is 0 Å².